The number of nitrogens with zero attached hydrogens (tertiary/aromatic N) is 3. The summed E-state index contributed by atoms with van der Waals surface area (Å²) in [5.74, 6) is -2.22. The Hall–Kier alpha value is -3.81. The highest BCUT2D eigenvalue weighted by Gasteiger charge is 2.17. The second-order valence-corrected chi connectivity index (χ2v) is 5.93. The molecule has 6 nitrogen and oxygen atoms in total. The van der Waals surface area contributed by atoms with E-state index in [0.29, 0.717) is 22.9 Å². The monoisotopic (exact) mass is 380 g/mol. The Labute approximate surface area is 158 Å². The lowest BCUT2D eigenvalue weighted by Gasteiger charge is -2.07. The van der Waals surface area contributed by atoms with Crippen LogP contribution in [0.25, 0.3) is 16.9 Å². The van der Waals surface area contributed by atoms with Gasteiger partial charge >= 0.3 is 0 Å². The first-order valence-corrected chi connectivity index (χ1v) is 8.31. The number of imidazole rings is 1. The van der Waals surface area contributed by atoms with E-state index in [4.69, 9.17) is 4.74 Å². The van der Waals surface area contributed by atoms with Crippen LogP contribution in [-0.2, 0) is 0 Å². The van der Waals surface area contributed by atoms with Crippen LogP contribution in [-0.4, -0.2) is 27.6 Å². The number of anilines is 1. The zero-order valence-corrected chi connectivity index (χ0v) is 14.7. The van der Waals surface area contributed by atoms with Crippen molar-refractivity contribution in [3.8, 4) is 17.1 Å². The van der Waals surface area contributed by atoms with E-state index >= 15 is 0 Å². The number of hydrogen-bond donors (Lipinski definition) is 1. The van der Waals surface area contributed by atoms with Gasteiger partial charge in [-0.2, -0.15) is 0 Å². The first-order chi connectivity index (χ1) is 13.5. The van der Waals surface area contributed by atoms with Crippen molar-refractivity contribution in [2.45, 2.75) is 0 Å². The van der Waals surface area contributed by atoms with Crippen molar-refractivity contribution in [3.63, 3.8) is 0 Å². The summed E-state index contributed by atoms with van der Waals surface area (Å²) in [4.78, 5) is 16.6. The molecule has 0 aliphatic carbocycles. The van der Waals surface area contributed by atoms with Gasteiger partial charge in [0.25, 0.3) is 5.91 Å². The van der Waals surface area contributed by atoms with Gasteiger partial charge in [-0.25, -0.2) is 18.3 Å². The number of methoxy groups -OCH3 is 1. The third-order valence-electron chi connectivity index (χ3n) is 4.13. The van der Waals surface area contributed by atoms with Crippen LogP contribution >= 0.6 is 0 Å². The van der Waals surface area contributed by atoms with Crippen LogP contribution in [0, 0.1) is 11.6 Å². The molecule has 0 radical (unpaired) electrons. The average molecular weight is 380 g/mol. The van der Waals surface area contributed by atoms with Crippen molar-refractivity contribution in [2.75, 3.05) is 12.4 Å². The topological polar surface area (TPSA) is 68.5 Å². The third kappa shape index (κ3) is 3.27. The van der Waals surface area contributed by atoms with Crippen LogP contribution in [0.1, 0.15) is 10.4 Å². The summed E-state index contributed by atoms with van der Waals surface area (Å²) in [5.41, 5.74) is 1.91. The molecule has 0 bridgehead atoms. The quantitative estimate of drug-likeness (QED) is 0.582. The second kappa shape index (κ2) is 7.07. The van der Waals surface area contributed by atoms with Crippen molar-refractivity contribution < 1.29 is 18.3 Å². The molecule has 1 N–H and O–H groups in total. The van der Waals surface area contributed by atoms with E-state index in [1.807, 2.05) is 0 Å². The van der Waals surface area contributed by atoms with Gasteiger partial charge in [0, 0.05) is 17.3 Å². The number of amides is 1. The van der Waals surface area contributed by atoms with Gasteiger partial charge in [-0.05, 0) is 30.3 Å². The fraction of sp³-hybridized carbons (Fsp3) is 0.0500. The Bertz CT molecular complexity index is 1150. The number of aromatic nitrogens is 3. The fourth-order valence-corrected chi connectivity index (χ4v) is 2.75. The number of ether oxygens (including phenoxy) is 1. The van der Waals surface area contributed by atoms with E-state index < -0.39 is 23.1 Å². The highest BCUT2D eigenvalue weighted by atomic mass is 19.1. The van der Waals surface area contributed by atoms with E-state index in [9.17, 15) is 13.6 Å². The molecule has 4 aromatic rings. The number of nitrogens with one attached hydrogen (secondary N) is 1. The van der Waals surface area contributed by atoms with Gasteiger partial charge in [0.15, 0.2) is 5.65 Å². The van der Waals surface area contributed by atoms with Crippen molar-refractivity contribution in [3.05, 3.63) is 78.0 Å². The summed E-state index contributed by atoms with van der Waals surface area (Å²) in [6.45, 7) is 0. The molecule has 0 saturated heterocycles. The summed E-state index contributed by atoms with van der Waals surface area (Å²) >= 11 is 0. The van der Waals surface area contributed by atoms with Crippen molar-refractivity contribution >= 4 is 17.2 Å². The third-order valence-corrected chi connectivity index (χ3v) is 4.13. The molecule has 2 aromatic heterocycles. The lowest BCUT2D eigenvalue weighted by atomic mass is 10.1. The fourth-order valence-electron chi connectivity index (χ4n) is 2.75. The summed E-state index contributed by atoms with van der Waals surface area (Å²) < 4.78 is 34.1. The Balaban J connectivity index is 1.56. The molecule has 8 heteroatoms. The predicted octanol–water partition coefficient (Wildman–Crippen LogP) is 3.94. The van der Waals surface area contributed by atoms with Gasteiger partial charge in [-0.15, -0.1) is 5.10 Å². The van der Waals surface area contributed by atoms with Crippen LogP contribution in [0.5, 0.6) is 5.88 Å². The van der Waals surface area contributed by atoms with Gasteiger partial charge in [0.2, 0.25) is 5.88 Å². The number of hydrogen-bond acceptors (Lipinski definition) is 4. The summed E-state index contributed by atoms with van der Waals surface area (Å²) in [5, 5.41) is 6.74. The Morgan fingerprint density at radius 1 is 1.04 bits per heavy atom. The van der Waals surface area contributed by atoms with Gasteiger partial charge in [-0.1, -0.05) is 18.2 Å². The number of carbonyl (C=O) groups excluding carboxylic acids is 1. The predicted molar refractivity (Wildman–Crippen MR) is 99.3 cm³/mol. The molecule has 0 fully saturated rings. The first kappa shape index (κ1) is 17.6. The Morgan fingerprint density at radius 3 is 2.43 bits per heavy atom. The molecule has 4 rings (SSSR count). The average Bonchev–Trinajstić information content (AvgIpc) is 3.11. The van der Waals surface area contributed by atoms with Crippen molar-refractivity contribution in [1.82, 2.24) is 14.6 Å². The number of benzene rings is 2. The highest BCUT2D eigenvalue weighted by molar-refractivity contribution is 6.04. The molecular weight excluding hydrogens is 366 g/mol. The van der Waals surface area contributed by atoms with E-state index in [2.05, 4.69) is 15.4 Å². The van der Waals surface area contributed by atoms with Gasteiger partial charge < -0.3 is 10.1 Å². The van der Waals surface area contributed by atoms with Gasteiger partial charge in [-0.3, -0.25) is 4.79 Å². The maximum atomic E-state index is 13.7. The van der Waals surface area contributed by atoms with E-state index in [1.165, 1.54) is 13.2 Å². The Kier molecular flexibility index (Phi) is 4.44. The smallest absolute Gasteiger partial charge is 0.261 e. The van der Waals surface area contributed by atoms with Crippen LogP contribution in [0.15, 0.2) is 60.8 Å². The minimum absolute atomic E-state index is 0.403. The molecule has 1 amide bonds. The maximum absolute atomic E-state index is 13.7. The van der Waals surface area contributed by atoms with Crippen molar-refractivity contribution in [1.29, 1.82) is 0 Å². The maximum Gasteiger partial charge on any atom is 0.261 e. The molecule has 0 unspecified atom stereocenters. The molecule has 0 spiro atoms. The molecule has 2 heterocycles. The van der Waals surface area contributed by atoms with Gasteiger partial charge in [0.05, 0.1) is 19.0 Å². The molecule has 0 atom stereocenters. The summed E-state index contributed by atoms with van der Waals surface area (Å²) in [7, 11) is 1.53. The lowest BCUT2D eigenvalue weighted by molar-refractivity contribution is 0.101. The van der Waals surface area contributed by atoms with Crippen molar-refractivity contribution in [2.24, 2.45) is 0 Å². The SMILES string of the molecule is COc1ccc2nc(-c3ccc(NC(=O)c4c(F)cccc4F)cc3)cn2n1. The molecule has 0 aliphatic heterocycles. The second-order valence-electron chi connectivity index (χ2n) is 5.93. The zero-order valence-electron chi connectivity index (χ0n) is 14.7. The molecule has 28 heavy (non-hydrogen) atoms. The standard InChI is InChI=1S/C20H14F2N4O2/c1-28-18-10-9-17-24-16(11-26(17)25-18)12-5-7-13(8-6-12)23-20(27)19-14(21)3-2-4-15(19)22/h2-11H,1H3,(H,23,27). The number of carbonyl (C=O) groups is 1. The molecule has 140 valence electrons. The van der Waals surface area contributed by atoms with Crippen LogP contribution in [0.2, 0.25) is 0 Å². The number of fused-ring (bicyclic) bond motifs is 1. The molecular formula is C20H14F2N4O2. The lowest BCUT2D eigenvalue weighted by Crippen LogP contribution is -2.15. The zero-order chi connectivity index (χ0) is 19.7. The van der Waals surface area contributed by atoms with Crippen LogP contribution in [0.4, 0.5) is 14.5 Å². The van der Waals surface area contributed by atoms with E-state index in [0.717, 1.165) is 17.7 Å². The highest BCUT2D eigenvalue weighted by Crippen LogP contribution is 2.22. The normalized spacial score (nSPS) is 10.8. The number of halogens is 2. The number of rotatable bonds is 4. The molecule has 0 saturated carbocycles. The van der Waals surface area contributed by atoms with Crippen LogP contribution in [0.3, 0.4) is 0 Å². The summed E-state index contributed by atoms with van der Waals surface area (Å²) in [6, 6.07) is 13.5. The minimum atomic E-state index is -0.915. The first-order valence-electron chi connectivity index (χ1n) is 8.31. The van der Waals surface area contributed by atoms with E-state index in [1.54, 1.807) is 47.1 Å². The Morgan fingerprint density at radius 2 is 1.75 bits per heavy atom. The van der Waals surface area contributed by atoms with E-state index in [-0.39, 0.29) is 0 Å². The van der Waals surface area contributed by atoms with Gasteiger partial charge in [0.1, 0.15) is 17.2 Å². The molecule has 0 aliphatic rings. The largest absolute Gasteiger partial charge is 0.480 e. The van der Waals surface area contributed by atoms with Crippen LogP contribution < -0.4 is 10.1 Å². The molecule has 2 aromatic carbocycles. The minimum Gasteiger partial charge on any atom is -0.480 e. The summed E-state index contributed by atoms with van der Waals surface area (Å²) in [6.07, 6.45) is 1.75.